The summed E-state index contributed by atoms with van der Waals surface area (Å²) in [7, 11) is -3.90. The highest BCUT2D eigenvalue weighted by Crippen LogP contribution is 2.42. The summed E-state index contributed by atoms with van der Waals surface area (Å²) >= 11 is 0. The molecule has 1 aliphatic carbocycles. The molecule has 0 aliphatic heterocycles. The Kier molecular flexibility index (Phi) is 12.1. The van der Waals surface area contributed by atoms with E-state index in [0.29, 0.717) is 17.4 Å². The molecular formula is C44H56N2O3S. The van der Waals surface area contributed by atoms with Gasteiger partial charge in [0, 0.05) is 17.7 Å². The molecule has 5 rings (SSSR count). The molecule has 0 amide bonds. The van der Waals surface area contributed by atoms with E-state index in [1.165, 1.54) is 5.56 Å². The molecule has 5 nitrogen and oxygen atoms in total. The number of rotatable bonds is 14. The Morgan fingerprint density at radius 2 is 1.22 bits per heavy atom. The normalized spacial score (nSPS) is 17.9. The summed E-state index contributed by atoms with van der Waals surface area (Å²) in [6.07, 6.45) is 5.50. The van der Waals surface area contributed by atoms with Crippen LogP contribution in [0.2, 0.25) is 0 Å². The van der Waals surface area contributed by atoms with Gasteiger partial charge in [0.05, 0.1) is 4.90 Å². The topological polar surface area (TPSA) is 67.8 Å². The zero-order valence-corrected chi connectivity index (χ0v) is 31.9. The van der Waals surface area contributed by atoms with Crippen molar-refractivity contribution >= 4 is 15.7 Å². The first-order valence-electron chi connectivity index (χ1n) is 18.5. The third-order valence-electron chi connectivity index (χ3n) is 10.5. The Balaban J connectivity index is 1.41. The van der Waals surface area contributed by atoms with Gasteiger partial charge >= 0.3 is 0 Å². The molecular weight excluding hydrogens is 637 g/mol. The van der Waals surface area contributed by atoms with E-state index in [1.807, 2.05) is 18.2 Å². The number of hydrogen-bond acceptors (Lipinski definition) is 4. The predicted molar refractivity (Wildman–Crippen MR) is 207 cm³/mol. The minimum atomic E-state index is -3.90. The van der Waals surface area contributed by atoms with E-state index >= 15 is 0 Å². The van der Waals surface area contributed by atoms with Crippen molar-refractivity contribution in [2.45, 2.75) is 115 Å². The maximum atomic E-state index is 14.2. The second-order valence-corrected chi connectivity index (χ2v) is 16.7. The molecule has 1 saturated carbocycles. The average molecular weight is 693 g/mol. The van der Waals surface area contributed by atoms with Crippen LogP contribution in [0.5, 0.6) is 0 Å². The van der Waals surface area contributed by atoms with Crippen molar-refractivity contribution < 1.29 is 13.2 Å². The highest BCUT2D eigenvalue weighted by Gasteiger charge is 2.39. The van der Waals surface area contributed by atoms with Gasteiger partial charge in [-0.15, -0.1) is 0 Å². The number of hydrazone groups is 1. The van der Waals surface area contributed by atoms with Crippen LogP contribution in [0, 0.1) is 5.41 Å². The van der Waals surface area contributed by atoms with Crippen molar-refractivity contribution in [3.05, 3.63) is 137 Å². The molecule has 1 N–H and O–H groups in total. The molecule has 1 aliphatic rings. The van der Waals surface area contributed by atoms with Gasteiger partial charge in [-0.05, 0) is 83.2 Å². The SMILES string of the molecule is CC(C)c1cc(C(C)C)c(S(=O)(=O)N/N=C2\CCCC[C@@]2(C)CCCOC(c2ccccc2)(c2ccccc2)c2ccccc2)c(C(C)C)c1. The first kappa shape index (κ1) is 37.5. The van der Waals surface area contributed by atoms with E-state index in [-0.39, 0.29) is 17.3 Å². The second-order valence-electron chi connectivity index (χ2n) is 15.1. The molecule has 4 aromatic carbocycles. The van der Waals surface area contributed by atoms with E-state index in [2.05, 4.69) is 138 Å². The molecule has 6 heteroatoms. The zero-order valence-electron chi connectivity index (χ0n) is 31.1. The van der Waals surface area contributed by atoms with Crippen molar-refractivity contribution in [3.8, 4) is 0 Å². The summed E-state index contributed by atoms with van der Waals surface area (Å²) in [6, 6.07) is 35.5. The minimum absolute atomic E-state index is 0.0557. The fourth-order valence-electron chi connectivity index (χ4n) is 7.53. The predicted octanol–water partition coefficient (Wildman–Crippen LogP) is 11.1. The zero-order chi connectivity index (χ0) is 35.9. The number of sulfonamides is 1. The van der Waals surface area contributed by atoms with Gasteiger partial charge < -0.3 is 4.74 Å². The van der Waals surface area contributed by atoms with Crippen LogP contribution in [0.25, 0.3) is 0 Å². The van der Waals surface area contributed by atoms with Crippen LogP contribution in [0.4, 0.5) is 0 Å². The lowest BCUT2D eigenvalue weighted by Gasteiger charge is -2.38. The number of nitrogens with one attached hydrogen (secondary N) is 1. The minimum Gasteiger partial charge on any atom is -0.361 e. The Bertz CT molecular complexity index is 1710. The molecule has 4 aromatic rings. The lowest BCUT2D eigenvalue weighted by Crippen LogP contribution is -2.36. The fourth-order valence-corrected chi connectivity index (χ4v) is 9.06. The van der Waals surface area contributed by atoms with Gasteiger partial charge in [-0.1, -0.05) is 158 Å². The molecule has 0 radical (unpaired) electrons. The van der Waals surface area contributed by atoms with E-state index in [1.54, 1.807) is 0 Å². The Morgan fingerprint density at radius 3 is 1.66 bits per heavy atom. The highest BCUT2D eigenvalue weighted by molar-refractivity contribution is 7.89. The van der Waals surface area contributed by atoms with Gasteiger partial charge in [0.15, 0.2) is 0 Å². The van der Waals surface area contributed by atoms with Gasteiger partial charge in [0.1, 0.15) is 5.60 Å². The summed E-state index contributed by atoms with van der Waals surface area (Å²) in [5.41, 5.74) is 6.07. The van der Waals surface area contributed by atoms with Gasteiger partial charge in [-0.3, -0.25) is 0 Å². The van der Waals surface area contributed by atoms with Crippen LogP contribution in [0.15, 0.2) is 113 Å². The third kappa shape index (κ3) is 8.08. The molecule has 1 atom stereocenters. The van der Waals surface area contributed by atoms with E-state index in [9.17, 15) is 8.42 Å². The Hall–Kier alpha value is -3.74. The van der Waals surface area contributed by atoms with Crippen LogP contribution < -0.4 is 4.83 Å². The second kappa shape index (κ2) is 16.1. The monoisotopic (exact) mass is 692 g/mol. The van der Waals surface area contributed by atoms with Crippen molar-refractivity contribution in [1.29, 1.82) is 0 Å². The first-order chi connectivity index (χ1) is 23.9. The molecule has 0 unspecified atom stereocenters. The number of ether oxygens (including phenoxy) is 1. The Morgan fingerprint density at radius 1 is 0.740 bits per heavy atom. The summed E-state index contributed by atoms with van der Waals surface area (Å²) in [6.45, 7) is 15.4. The van der Waals surface area contributed by atoms with Gasteiger partial charge in [0.2, 0.25) is 0 Å². The van der Waals surface area contributed by atoms with Crippen LogP contribution in [-0.4, -0.2) is 20.7 Å². The quantitative estimate of drug-likeness (QED) is 0.0812. The molecule has 50 heavy (non-hydrogen) atoms. The van der Waals surface area contributed by atoms with Gasteiger partial charge in [-0.2, -0.15) is 13.5 Å². The summed E-state index contributed by atoms with van der Waals surface area (Å²) < 4.78 is 35.4. The molecule has 1 fully saturated rings. The molecule has 0 aromatic heterocycles. The van der Waals surface area contributed by atoms with Crippen molar-refractivity contribution in [1.82, 2.24) is 4.83 Å². The smallest absolute Gasteiger partial charge is 0.277 e. The van der Waals surface area contributed by atoms with E-state index in [0.717, 1.165) is 72.1 Å². The molecule has 0 saturated heterocycles. The molecule has 0 bridgehead atoms. The fraction of sp³-hybridized carbons (Fsp3) is 0.432. The summed E-state index contributed by atoms with van der Waals surface area (Å²) in [4.78, 5) is 3.14. The lowest BCUT2D eigenvalue weighted by atomic mass is 9.71. The highest BCUT2D eigenvalue weighted by atomic mass is 32.2. The largest absolute Gasteiger partial charge is 0.361 e. The summed E-state index contributed by atoms with van der Waals surface area (Å²) in [5, 5.41) is 4.75. The van der Waals surface area contributed by atoms with Crippen LogP contribution in [-0.2, 0) is 20.4 Å². The summed E-state index contributed by atoms with van der Waals surface area (Å²) in [5.74, 6) is 0.417. The first-order valence-corrected chi connectivity index (χ1v) is 19.9. The standard InChI is InChI=1S/C44H56N2O3S/c1-32(2)35-30-39(33(3)4)42(40(31-35)34(5)6)50(47,48)46-45-41-26-17-18-27-43(41,7)28-19-29-49-44(36-20-11-8-12-21-36,37-22-13-9-14-23-37)38-24-15-10-16-25-38/h8-16,20-25,30-34,46H,17-19,26-29H2,1-7H3/b45-41+/t43-/m0/s1. The van der Waals surface area contributed by atoms with Gasteiger partial charge in [0.25, 0.3) is 10.0 Å². The van der Waals surface area contributed by atoms with Crippen LogP contribution in [0.3, 0.4) is 0 Å². The van der Waals surface area contributed by atoms with Crippen molar-refractivity contribution in [2.75, 3.05) is 6.61 Å². The number of hydrogen-bond donors (Lipinski definition) is 1. The molecule has 0 heterocycles. The van der Waals surface area contributed by atoms with Crippen LogP contribution >= 0.6 is 0 Å². The average Bonchev–Trinajstić information content (AvgIpc) is 3.12. The van der Waals surface area contributed by atoms with E-state index < -0.39 is 15.6 Å². The van der Waals surface area contributed by atoms with Crippen molar-refractivity contribution in [3.63, 3.8) is 0 Å². The third-order valence-corrected chi connectivity index (χ3v) is 11.8. The number of benzene rings is 4. The van der Waals surface area contributed by atoms with Crippen LogP contribution in [0.1, 0.15) is 138 Å². The van der Waals surface area contributed by atoms with Crippen molar-refractivity contribution in [2.24, 2.45) is 10.5 Å². The molecule has 266 valence electrons. The molecule has 0 spiro atoms. The number of nitrogens with zero attached hydrogens (tertiary/aromatic N) is 1. The maximum absolute atomic E-state index is 14.2. The van der Waals surface area contributed by atoms with E-state index in [4.69, 9.17) is 9.84 Å². The van der Waals surface area contributed by atoms with Gasteiger partial charge in [-0.25, -0.2) is 4.83 Å². The maximum Gasteiger partial charge on any atom is 0.277 e. The Labute approximate surface area is 301 Å². The lowest BCUT2D eigenvalue weighted by molar-refractivity contribution is 0.00813.